The van der Waals surface area contributed by atoms with Crippen LogP contribution in [0.2, 0.25) is 0 Å². The predicted molar refractivity (Wildman–Crippen MR) is 113 cm³/mol. The lowest BCUT2D eigenvalue weighted by Gasteiger charge is -2.11. The van der Waals surface area contributed by atoms with E-state index in [4.69, 9.17) is 10.5 Å². The quantitative estimate of drug-likeness (QED) is 0.642. The Kier molecular flexibility index (Phi) is 8.07. The van der Waals surface area contributed by atoms with Crippen molar-refractivity contribution in [2.75, 3.05) is 7.11 Å². The summed E-state index contributed by atoms with van der Waals surface area (Å²) in [6.07, 6.45) is 0.870. The van der Waals surface area contributed by atoms with Crippen LogP contribution in [-0.4, -0.2) is 35.5 Å². The Bertz CT molecular complexity index is 873. The highest BCUT2D eigenvalue weighted by Crippen LogP contribution is 2.26. The van der Waals surface area contributed by atoms with Crippen LogP contribution < -0.4 is 15.8 Å². The molecule has 3 rings (SSSR count). The van der Waals surface area contributed by atoms with Crippen LogP contribution in [0.4, 0.5) is 4.79 Å². The number of hydrogen-bond acceptors (Lipinski definition) is 7. The van der Waals surface area contributed by atoms with Crippen LogP contribution in [0.1, 0.15) is 11.1 Å². The van der Waals surface area contributed by atoms with E-state index in [-0.39, 0.29) is 28.8 Å². The molecule has 154 valence electrons. The fourth-order valence-electron chi connectivity index (χ4n) is 2.75. The molecule has 1 aliphatic rings. The van der Waals surface area contributed by atoms with E-state index in [0.717, 1.165) is 22.9 Å². The predicted octanol–water partition coefficient (Wildman–Crippen LogP) is 2.84. The molecule has 1 aliphatic heterocycles. The highest BCUT2D eigenvalue weighted by atomic mass is 35.5. The van der Waals surface area contributed by atoms with Gasteiger partial charge in [0.15, 0.2) is 0 Å². The number of esters is 1. The third-order valence-electron chi connectivity index (χ3n) is 4.23. The van der Waals surface area contributed by atoms with Crippen molar-refractivity contribution in [3.8, 4) is 11.5 Å². The first-order chi connectivity index (χ1) is 13.4. The molecule has 0 radical (unpaired) electrons. The number of halogens is 1. The van der Waals surface area contributed by atoms with Crippen LogP contribution in [0, 0.1) is 0 Å². The first kappa shape index (κ1) is 22.7. The van der Waals surface area contributed by atoms with Gasteiger partial charge >= 0.3 is 5.97 Å². The Morgan fingerprint density at radius 3 is 2.10 bits per heavy atom. The Morgan fingerprint density at radius 2 is 1.62 bits per heavy atom. The lowest BCUT2D eigenvalue weighted by molar-refractivity contribution is -0.142. The van der Waals surface area contributed by atoms with Gasteiger partial charge in [-0.1, -0.05) is 36.0 Å². The largest absolute Gasteiger partial charge is 0.468 e. The topological polar surface area (TPSA) is 108 Å². The summed E-state index contributed by atoms with van der Waals surface area (Å²) in [5.41, 5.74) is 7.61. The molecule has 1 heterocycles. The molecule has 3 N–H and O–H groups in total. The first-order valence-electron chi connectivity index (χ1n) is 8.65. The number of methoxy groups -OCH3 is 1. The molecule has 9 heteroatoms. The van der Waals surface area contributed by atoms with Crippen molar-refractivity contribution in [2.45, 2.75) is 24.1 Å². The second-order valence-electron chi connectivity index (χ2n) is 6.31. The molecular weight excluding hydrogens is 416 g/mol. The molecule has 2 atom stereocenters. The minimum absolute atomic E-state index is 0. The standard InChI is InChI=1S/C20H20N2O5S.ClH/c1-26-19(24)16(21)10-12-2-6-14(7-3-12)27-15-8-4-13(5-9-15)11-17-18(23)22-20(25)28-17;/h2-9,16-17H,10-11,21H2,1H3,(H,22,23,25);1H/t16-,17?;/m0./s1. The van der Waals surface area contributed by atoms with E-state index in [1.807, 2.05) is 36.4 Å². The van der Waals surface area contributed by atoms with Crippen molar-refractivity contribution in [2.24, 2.45) is 5.73 Å². The molecule has 0 aliphatic carbocycles. The molecule has 1 unspecified atom stereocenters. The maximum atomic E-state index is 11.6. The van der Waals surface area contributed by atoms with Gasteiger partial charge < -0.3 is 15.2 Å². The molecule has 2 aromatic rings. The second kappa shape index (κ2) is 10.3. The number of benzene rings is 2. The van der Waals surface area contributed by atoms with E-state index in [1.165, 1.54) is 7.11 Å². The summed E-state index contributed by atoms with van der Waals surface area (Å²) in [6.45, 7) is 0. The smallest absolute Gasteiger partial charge is 0.322 e. The van der Waals surface area contributed by atoms with Crippen LogP contribution >= 0.6 is 24.2 Å². The Morgan fingerprint density at radius 1 is 1.07 bits per heavy atom. The molecule has 0 saturated carbocycles. The fourth-order valence-corrected chi connectivity index (χ4v) is 3.61. The number of ether oxygens (including phenoxy) is 2. The maximum absolute atomic E-state index is 11.6. The molecule has 29 heavy (non-hydrogen) atoms. The van der Waals surface area contributed by atoms with Gasteiger partial charge in [-0.3, -0.25) is 19.7 Å². The number of nitrogens with one attached hydrogen (secondary N) is 1. The van der Waals surface area contributed by atoms with Crippen molar-refractivity contribution >= 4 is 41.3 Å². The number of carbonyl (C=O) groups is 3. The van der Waals surface area contributed by atoms with Gasteiger partial charge in [0.25, 0.3) is 5.24 Å². The summed E-state index contributed by atoms with van der Waals surface area (Å²) in [4.78, 5) is 34.2. The van der Waals surface area contributed by atoms with Crippen molar-refractivity contribution in [1.82, 2.24) is 5.32 Å². The summed E-state index contributed by atoms with van der Waals surface area (Å²) in [5, 5.41) is 1.60. The van der Waals surface area contributed by atoms with Gasteiger partial charge in [-0.2, -0.15) is 0 Å². The lowest BCUT2D eigenvalue weighted by Crippen LogP contribution is -2.33. The molecule has 1 fully saturated rings. The summed E-state index contributed by atoms with van der Waals surface area (Å²) < 4.78 is 10.4. The molecule has 0 bridgehead atoms. The molecule has 0 aromatic heterocycles. The fraction of sp³-hybridized carbons (Fsp3) is 0.250. The van der Waals surface area contributed by atoms with Crippen molar-refractivity contribution < 1.29 is 23.9 Å². The number of rotatable bonds is 7. The van der Waals surface area contributed by atoms with E-state index in [0.29, 0.717) is 24.3 Å². The summed E-state index contributed by atoms with van der Waals surface area (Å²) in [6, 6.07) is 14.0. The number of thioether (sulfide) groups is 1. The van der Waals surface area contributed by atoms with E-state index in [2.05, 4.69) is 10.1 Å². The zero-order valence-electron chi connectivity index (χ0n) is 15.6. The molecule has 0 spiro atoms. The molecule has 2 amide bonds. The average molecular weight is 437 g/mol. The number of hydrogen-bond donors (Lipinski definition) is 2. The van der Waals surface area contributed by atoms with Crippen LogP contribution in [0.15, 0.2) is 48.5 Å². The Balaban J connectivity index is 0.00000300. The third kappa shape index (κ3) is 6.22. The number of nitrogens with two attached hydrogens (primary N) is 1. The van der Waals surface area contributed by atoms with E-state index in [1.54, 1.807) is 12.1 Å². The van der Waals surface area contributed by atoms with Crippen molar-refractivity contribution in [3.05, 3.63) is 59.7 Å². The number of carbonyl (C=O) groups excluding carboxylic acids is 3. The van der Waals surface area contributed by atoms with Gasteiger partial charge in [-0.15, -0.1) is 12.4 Å². The van der Waals surface area contributed by atoms with Crippen LogP contribution in [0.25, 0.3) is 0 Å². The van der Waals surface area contributed by atoms with Crippen molar-refractivity contribution in [1.29, 1.82) is 0 Å². The van der Waals surface area contributed by atoms with Gasteiger partial charge in [0, 0.05) is 0 Å². The summed E-state index contributed by atoms with van der Waals surface area (Å²) in [5.74, 6) is 0.613. The molecule has 1 saturated heterocycles. The van der Waals surface area contributed by atoms with Gasteiger partial charge in [0.05, 0.1) is 12.4 Å². The second-order valence-corrected chi connectivity index (χ2v) is 7.49. The van der Waals surface area contributed by atoms with Crippen LogP contribution in [0.3, 0.4) is 0 Å². The van der Waals surface area contributed by atoms with Gasteiger partial charge in [-0.05, 0) is 48.2 Å². The van der Waals surface area contributed by atoms with E-state index >= 15 is 0 Å². The molecule has 7 nitrogen and oxygen atoms in total. The van der Waals surface area contributed by atoms with Crippen LogP contribution in [-0.2, 0) is 27.2 Å². The molecular formula is C20H21ClN2O5S. The van der Waals surface area contributed by atoms with Gasteiger partial charge in [0.1, 0.15) is 17.5 Å². The van der Waals surface area contributed by atoms with E-state index in [9.17, 15) is 14.4 Å². The molecule has 2 aromatic carbocycles. The minimum atomic E-state index is -0.695. The van der Waals surface area contributed by atoms with Crippen LogP contribution in [0.5, 0.6) is 11.5 Å². The normalized spacial score (nSPS) is 16.6. The minimum Gasteiger partial charge on any atom is -0.468 e. The first-order valence-corrected chi connectivity index (χ1v) is 9.53. The highest BCUT2D eigenvalue weighted by Gasteiger charge is 2.31. The van der Waals surface area contributed by atoms with Gasteiger partial charge in [-0.25, -0.2) is 0 Å². The maximum Gasteiger partial charge on any atom is 0.322 e. The third-order valence-corrected chi connectivity index (χ3v) is 5.21. The Labute approximate surface area is 178 Å². The summed E-state index contributed by atoms with van der Waals surface area (Å²) in [7, 11) is 1.31. The van der Waals surface area contributed by atoms with Crippen molar-refractivity contribution in [3.63, 3.8) is 0 Å². The average Bonchev–Trinajstić information content (AvgIpc) is 3.01. The monoisotopic (exact) mass is 436 g/mol. The number of amides is 2. The SMILES string of the molecule is COC(=O)[C@@H](N)Cc1ccc(Oc2ccc(CC3SC(=O)NC3=O)cc2)cc1.Cl. The number of imide groups is 1. The zero-order valence-corrected chi connectivity index (χ0v) is 17.3. The van der Waals surface area contributed by atoms with E-state index < -0.39 is 12.0 Å². The van der Waals surface area contributed by atoms with Gasteiger partial charge in [0.2, 0.25) is 5.91 Å². The highest BCUT2D eigenvalue weighted by molar-refractivity contribution is 8.15. The lowest BCUT2D eigenvalue weighted by atomic mass is 10.1. The Hall–Kier alpha value is -2.55. The zero-order chi connectivity index (χ0) is 20.1. The summed E-state index contributed by atoms with van der Waals surface area (Å²) >= 11 is 1.02.